The van der Waals surface area contributed by atoms with E-state index < -0.39 is 0 Å². The third kappa shape index (κ3) is 3.86. The lowest BCUT2D eigenvalue weighted by atomic mass is 9.59. The Morgan fingerprint density at radius 1 is 0.510 bits per heavy atom. The van der Waals surface area contributed by atoms with Crippen LogP contribution in [0.15, 0.2) is 152 Å². The Labute approximate surface area is 302 Å². The van der Waals surface area contributed by atoms with Gasteiger partial charge < -0.3 is 4.90 Å². The normalized spacial score (nSPS) is 23.8. The van der Waals surface area contributed by atoms with Crippen molar-refractivity contribution in [3.8, 4) is 22.3 Å². The first-order valence-electron chi connectivity index (χ1n) is 18.8. The summed E-state index contributed by atoms with van der Waals surface area (Å²) in [5.41, 5.74) is 12.6. The van der Waals surface area contributed by atoms with Crippen LogP contribution in [0.2, 0.25) is 0 Å². The molecule has 2 heteroatoms. The molecule has 5 atom stereocenters. The lowest BCUT2D eigenvalue weighted by molar-refractivity contribution is 0.191. The first-order valence-corrected chi connectivity index (χ1v) is 19.6. The molecule has 8 aromatic rings. The van der Waals surface area contributed by atoms with Crippen LogP contribution in [0, 0.1) is 23.7 Å². The van der Waals surface area contributed by atoms with Crippen LogP contribution in [-0.4, -0.2) is 0 Å². The molecule has 5 aliphatic carbocycles. The molecule has 5 unspecified atom stereocenters. The molecule has 4 bridgehead atoms. The van der Waals surface area contributed by atoms with Crippen LogP contribution in [0.25, 0.3) is 53.2 Å². The van der Waals surface area contributed by atoms with E-state index in [4.69, 9.17) is 0 Å². The largest absolute Gasteiger partial charge is 0.310 e. The molecule has 5 aliphatic rings. The number of rotatable bonds is 4. The van der Waals surface area contributed by atoms with Crippen molar-refractivity contribution in [3.05, 3.63) is 163 Å². The van der Waals surface area contributed by atoms with Crippen LogP contribution in [0.4, 0.5) is 17.1 Å². The number of hydrogen-bond donors (Lipinski definition) is 0. The molecule has 1 aromatic heterocycles. The number of nitrogens with zero attached hydrogens (tertiary/aromatic N) is 1. The van der Waals surface area contributed by atoms with Gasteiger partial charge in [0.25, 0.3) is 0 Å². The maximum Gasteiger partial charge on any atom is 0.0476 e. The SMILES string of the molecule is c1ccc2c(c1)-c1c(-c3ccc(N(c4ccc5ccccc5c4)c4ccc5c(c4)sc4ccccc45)cc3)cccc1C21C2CC3CC(C2)C1C3. The fourth-order valence-electron chi connectivity index (χ4n) is 11.7. The summed E-state index contributed by atoms with van der Waals surface area (Å²) in [4.78, 5) is 2.44. The van der Waals surface area contributed by atoms with Gasteiger partial charge in [-0.25, -0.2) is 0 Å². The smallest absolute Gasteiger partial charge is 0.0476 e. The maximum absolute atomic E-state index is 2.51. The first kappa shape index (κ1) is 28.5. The summed E-state index contributed by atoms with van der Waals surface area (Å²) in [5, 5.41) is 5.17. The topological polar surface area (TPSA) is 3.24 Å². The highest BCUT2D eigenvalue weighted by atomic mass is 32.1. The van der Waals surface area contributed by atoms with Crippen molar-refractivity contribution in [1.82, 2.24) is 0 Å². The molecule has 0 radical (unpaired) electrons. The van der Waals surface area contributed by atoms with E-state index in [0.717, 1.165) is 23.7 Å². The van der Waals surface area contributed by atoms with Gasteiger partial charge in [-0.3, -0.25) is 0 Å². The number of anilines is 3. The van der Waals surface area contributed by atoms with Gasteiger partial charge >= 0.3 is 0 Å². The molecular weight excluding hydrogens is 635 g/mol. The van der Waals surface area contributed by atoms with E-state index in [0.29, 0.717) is 0 Å². The zero-order valence-electron chi connectivity index (χ0n) is 28.4. The molecule has 51 heavy (non-hydrogen) atoms. The van der Waals surface area contributed by atoms with Gasteiger partial charge in [-0.15, -0.1) is 11.3 Å². The van der Waals surface area contributed by atoms with Crippen molar-refractivity contribution in [3.63, 3.8) is 0 Å². The molecule has 244 valence electrons. The lowest BCUT2D eigenvalue weighted by Gasteiger charge is -2.43. The highest BCUT2D eigenvalue weighted by Gasteiger charge is 2.66. The van der Waals surface area contributed by atoms with Crippen molar-refractivity contribution in [2.24, 2.45) is 23.7 Å². The quantitative estimate of drug-likeness (QED) is 0.180. The van der Waals surface area contributed by atoms with Crippen molar-refractivity contribution in [1.29, 1.82) is 0 Å². The second kappa shape index (κ2) is 10.4. The van der Waals surface area contributed by atoms with Gasteiger partial charge in [-0.05, 0) is 136 Å². The standard InChI is InChI=1S/C49H37NS/c1-2-9-33-28-37(21-16-31(33)8-1)50(38-22-23-41-40-10-4-6-15-46(40)51-47(41)29-38)36-19-17-32(18-20-36)39-12-7-14-44-48(39)42-11-3-5-13-43(42)49(44)35-25-30-24-34(27-35)45(49)26-30/h1-23,28-30,34-35,45H,24-27H2. The van der Waals surface area contributed by atoms with Crippen molar-refractivity contribution in [2.45, 2.75) is 31.1 Å². The van der Waals surface area contributed by atoms with Gasteiger partial charge in [0, 0.05) is 42.6 Å². The minimum Gasteiger partial charge on any atom is -0.310 e. The summed E-state index contributed by atoms with van der Waals surface area (Å²) in [6.45, 7) is 0. The van der Waals surface area contributed by atoms with Crippen LogP contribution in [-0.2, 0) is 5.41 Å². The van der Waals surface area contributed by atoms with Gasteiger partial charge in [-0.1, -0.05) is 109 Å². The Balaban J connectivity index is 1.00. The highest BCUT2D eigenvalue weighted by Crippen LogP contribution is 2.73. The minimum absolute atomic E-state index is 0.206. The average molecular weight is 672 g/mol. The van der Waals surface area contributed by atoms with Gasteiger partial charge in [0.2, 0.25) is 0 Å². The monoisotopic (exact) mass is 671 g/mol. The van der Waals surface area contributed by atoms with E-state index in [2.05, 4.69) is 157 Å². The van der Waals surface area contributed by atoms with Crippen LogP contribution in [0.5, 0.6) is 0 Å². The van der Waals surface area contributed by atoms with E-state index in [9.17, 15) is 0 Å². The van der Waals surface area contributed by atoms with Crippen LogP contribution < -0.4 is 4.90 Å². The van der Waals surface area contributed by atoms with E-state index in [-0.39, 0.29) is 5.41 Å². The van der Waals surface area contributed by atoms with Gasteiger partial charge in [0.1, 0.15) is 0 Å². The summed E-state index contributed by atoms with van der Waals surface area (Å²) in [5.74, 6) is 3.45. The number of benzene rings is 7. The second-order valence-corrected chi connectivity index (χ2v) is 16.8. The third-order valence-electron chi connectivity index (χ3n) is 13.4. The van der Waals surface area contributed by atoms with Crippen LogP contribution in [0.1, 0.15) is 36.8 Å². The Hall–Kier alpha value is -5.18. The Morgan fingerprint density at radius 2 is 1.24 bits per heavy atom. The molecule has 0 saturated heterocycles. The molecule has 0 N–H and O–H groups in total. The molecule has 1 nitrogen and oxygen atoms in total. The summed E-state index contributed by atoms with van der Waals surface area (Å²) in [6, 6.07) is 57.5. The van der Waals surface area contributed by atoms with Crippen LogP contribution in [0.3, 0.4) is 0 Å². The second-order valence-electron chi connectivity index (χ2n) is 15.7. The third-order valence-corrected chi connectivity index (χ3v) is 14.6. The first-order chi connectivity index (χ1) is 25.2. The van der Waals surface area contributed by atoms with E-state index in [1.165, 1.54) is 95.9 Å². The Kier molecular flexibility index (Phi) is 5.83. The predicted molar refractivity (Wildman–Crippen MR) is 216 cm³/mol. The Bertz CT molecular complexity index is 2700. The number of thiophene rings is 1. The van der Waals surface area contributed by atoms with Gasteiger partial charge in [0.05, 0.1) is 0 Å². The number of fused-ring (bicyclic) bond motifs is 7. The Morgan fingerprint density at radius 3 is 2.16 bits per heavy atom. The molecule has 4 saturated carbocycles. The van der Waals surface area contributed by atoms with Gasteiger partial charge in [-0.2, -0.15) is 0 Å². The molecule has 0 aliphatic heterocycles. The molecule has 1 heterocycles. The maximum atomic E-state index is 2.51. The summed E-state index contributed by atoms with van der Waals surface area (Å²) < 4.78 is 2.65. The van der Waals surface area contributed by atoms with Crippen molar-refractivity contribution >= 4 is 59.3 Å². The van der Waals surface area contributed by atoms with E-state index >= 15 is 0 Å². The fraction of sp³-hybridized carbons (Fsp3) is 0.184. The van der Waals surface area contributed by atoms with E-state index in [1.54, 1.807) is 11.1 Å². The summed E-state index contributed by atoms with van der Waals surface area (Å²) in [6.07, 6.45) is 5.72. The lowest BCUT2D eigenvalue weighted by Crippen LogP contribution is -2.40. The van der Waals surface area contributed by atoms with Crippen LogP contribution >= 0.6 is 11.3 Å². The van der Waals surface area contributed by atoms with Crippen molar-refractivity contribution < 1.29 is 0 Å². The average Bonchev–Trinajstić information content (AvgIpc) is 3.86. The highest BCUT2D eigenvalue weighted by molar-refractivity contribution is 7.25. The van der Waals surface area contributed by atoms with E-state index in [1.807, 2.05) is 11.3 Å². The zero-order valence-corrected chi connectivity index (χ0v) is 29.2. The minimum atomic E-state index is 0.206. The zero-order chi connectivity index (χ0) is 33.3. The molecule has 4 fully saturated rings. The molecule has 1 spiro atoms. The summed E-state index contributed by atoms with van der Waals surface area (Å²) in [7, 11) is 0. The van der Waals surface area contributed by atoms with Crippen molar-refractivity contribution in [2.75, 3.05) is 4.90 Å². The molecule has 0 amide bonds. The molecule has 13 rings (SSSR count). The van der Waals surface area contributed by atoms with Gasteiger partial charge in [0.15, 0.2) is 0 Å². The summed E-state index contributed by atoms with van der Waals surface area (Å²) >= 11 is 1.88. The fourth-order valence-corrected chi connectivity index (χ4v) is 12.8. The molecular formula is C49H37NS. The predicted octanol–water partition coefficient (Wildman–Crippen LogP) is 13.7. The number of hydrogen-bond acceptors (Lipinski definition) is 2. The molecule has 7 aromatic carbocycles.